The highest BCUT2D eigenvalue weighted by molar-refractivity contribution is 5.73. The minimum absolute atomic E-state index is 0. The van der Waals surface area contributed by atoms with Crippen LogP contribution in [0, 0.1) is 7.43 Å². The Morgan fingerprint density at radius 1 is 1.70 bits per heavy atom. The molecule has 0 radical (unpaired) electrons. The molecule has 1 unspecified atom stereocenters. The van der Waals surface area contributed by atoms with Gasteiger partial charge in [0.05, 0.1) is 7.11 Å². The second kappa shape index (κ2) is 6.55. The van der Waals surface area contributed by atoms with Crippen LogP contribution in [-0.4, -0.2) is 19.1 Å². The molecule has 0 saturated carbocycles. The van der Waals surface area contributed by atoms with Crippen LogP contribution >= 0.6 is 0 Å². The molecule has 0 saturated heterocycles. The number of hydrogen-bond donors (Lipinski definition) is 1. The molecule has 62 valence electrons. The summed E-state index contributed by atoms with van der Waals surface area (Å²) < 4.78 is 4.46. The van der Waals surface area contributed by atoms with E-state index in [1.165, 1.54) is 7.11 Å². The Morgan fingerprint density at radius 3 is 2.50 bits per heavy atom. The zero-order chi connectivity index (χ0) is 7.28. The fourth-order valence-electron chi connectivity index (χ4n) is 0.633. The largest absolute Gasteiger partial charge is 0.465 e. The van der Waals surface area contributed by atoms with E-state index in [4.69, 9.17) is 0 Å². The molecule has 3 N–H and O–H groups in total. The Kier molecular flexibility index (Phi) is 7.95. The molecule has 0 heterocycles. The number of hydrogen-bond acceptors (Lipinski definition) is 2. The lowest BCUT2D eigenvalue weighted by molar-refractivity contribution is -0.409. The third kappa shape index (κ3) is 4.32. The van der Waals surface area contributed by atoms with E-state index in [1.807, 2.05) is 6.92 Å². The summed E-state index contributed by atoms with van der Waals surface area (Å²) in [4.78, 5) is 10.6. The van der Waals surface area contributed by atoms with Gasteiger partial charge >= 0.3 is 5.97 Å². The van der Waals surface area contributed by atoms with Crippen LogP contribution in [0.25, 0.3) is 0 Å². The molecule has 0 bridgehead atoms. The molecule has 0 rings (SSSR count). The SMILES string of the molecule is CCCC([NH3+])C(=O)OC.[CH3-]. The third-order valence-corrected chi connectivity index (χ3v) is 1.17. The number of ether oxygens (including phenoxy) is 1. The van der Waals surface area contributed by atoms with E-state index in [-0.39, 0.29) is 19.4 Å². The summed E-state index contributed by atoms with van der Waals surface area (Å²) in [5, 5.41) is 0. The highest BCUT2D eigenvalue weighted by Crippen LogP contribution is 1.91. The van der Waals surface area contributed by atoms with E-state index in [9.17, 15) is 4.79 Å². The molecule has 1 atom stereocenters. The van der Waals surface area contributed by atoms with Crippen molar-refractivity contribution >= 4 is 5.97 Å². The van der Waals surface area contributed by atoms with Crippen LogP contribution in [0.15, 0.2) is 0 Å². The zero-order valence-corrected chi connectivity index (χ0v) is 7.02. The maximum absolute atomic E-state index is 10.6. The molecule has 0 aromatic carbocycles. The van der Waals surface area contributed by atoms with Crippen LogP contribution in [0.4, 0.5) is 0 Å². The molecule has 0 aromatic heterocycles. The average Bonchev–Trinajstić information content (AvgIpc) is 1.87. The van der Waals surface area contributed by atoms with Gasteiger partial charge in [0.15, 0.2) is 6.04 Å². The zero-order valence-electron chi connectivity index (χ0n) is 7.02. The third-order valence-electron chi connectivity index (χ3n) is 1.17. The van der Waals surface area contributed by atoms with Crippen molar-refractivity contribution in [3.8, 4) is 0 Å². The molecule has 0 aliphatic carbocycles. The maximum atomic E-state index is 10.6. The predicted octanol–water partition coefficient (Wildman–Crippen LogP) is 0.0203. The van der Waals surface area contributed by atoms with Gasteiger partial charge in [0.25, 0.3) is 0 Å². The Morgan fingerprint density at radius 2 is 2.20 bits per heavy atom. The first-order valence-corrected chi connectivity index (χ1v) is 3.13. The first-order valence-electron chi connectivity index (χ1n) is 3.13. The number of methoxy groups -OCH3 is 1. The van der Waals surface area contributed by atoms with Crippen LogP contribution in [-0.2, 0) is 9.53 Å². The summed E-state index contributed by atoms with van der Waals surface area (Å²) >= 11 is 0. The summed E-state index contributed by atoms with van der Waals surface area (Å²) in [7, 11) is 1.39. The first-order chi connectivity index (χ1) is 4.22. The number of carbonyl (C=O) groups is 1. The molecular formula is C7H17NO2. The van der Waals surface area contributed by atoms with Gasteiger partial charge < -0.3 is 17.9 Å². The topological polar surface area (TPSA) is 53.9 Å². The molecule has 0 fully saturated rings. The van der Waals surface area contributed by atoms with Crippen LogP contribution < -0.4 is 5.73 Å². The van der Waals surface area contributed by atoms with Gasteiger partial charge in [-0.15, -0.1) is 0 Å². The van der Waals surface area contributed by atoms with Crippen molar-refractivity contribution in [1.29, 1.82) is 0 Å². The van der Waals surface area contributed by atoms with Gasteiger partial charge in [-0.25, -0.2) is 4.79 Å². The van der Waals surface area contributed by atoms with Gasteiger partial charge in [-0.3, -0.25) is 0 Å². The number of carbonyl (C=O) groups excluding carboxylic acids is 1. The molecule has 0 aliphatic heterocycles. The van der Waals surface area contributed by atoms with Crippen molar-refractivity contribution < 1.29 is 15.3 Å². The summed E-state index contributed by atoms with van der Waals surface area (Å²) in [5.41, 5.74) is 3.62. The molecule has 0 aromatic rings. The fraction of sp³-hybridized carbons (Fsp3) is 0.714. The number of quaternary nitrogens is 1. The normalized spacial score (nSPS) is 11.5. The van der Waals surface area contributed by atoms with E-state index >= 15 is 0 Å². The van der Waals surface area contributed by atoms with E-state index < -0.39 is 0 Å². The molecule has 3 nitrogen and oxygen atoms in total. The minimum Gasteiger partial charge on any atom is -0.465 e. The summed E-state index contributed by atoms with van der Waals surface area (Å²) in [5.74, 6) is -0.211. The summed E-state index contributed by atoms with van der Waals surface area (Å²) in [6.07, 6.45) is 1.79. The Bertz CT molecular complexity index is 93.6. The number of esters is 1. The molecule has 0 aliphatic rings. The summed E-state index contributed by atoms with van der Waals surface area (Å²) in [6, 6.07) is -0.181. The number of rotatable bonds is 3. The van der Waals surface area contributed by atoms with Gasteiger partial charge in [0.2, 0.25) is 0 Å². The van der Waals surface area contributed by atoms with Gasteiger partial charge in [-0.2, -0.15) is 0 Å². The van der Waals surface area contributed by atoms with Crippen molar-refractivity contribution in [2.45, 2.75) is 25.8 Å². The summed E-state index contributed by atoms with van der Waals surface area (Å²) in [6.45, 7) is 2.02. The molecule has 3 heteroatoms. The smallest absolute Gasteiger partial charge is 0.364 e. The van der Waals surface area contributed by atoms with Crippen molar-refractivity contribution in [3.63, 3.8) is 0 Å². The van der Waals surface area contributed by atoms with Gasteiger partial charge in [-0.1, -0.05) is 6.92 Å². The van der Waals surface area contributed by atoms with Crippen LogP contribution in [0.5, 0.6) is 0 Å². The average molecular weight is 147 g/mol. The highest BCUT2D eigenvalue weighted by Gasteiger charge is 2.14. The fourth-order valence-corrected chi connectivity index (χ4v) is 0.633. The van der Waals surface area contributed by atoms with E-state index in [2.05, 4.69) is 10.5 Å². The van der Waals surface area contributed by atoms with Crippen molar-refractivity contribution in [3.05, 3.63) is 7.43 Å². The molecule has 10 heavy (non-hydrogen) atoms. The van der Waals surface area contributed by atoms with Gasteiger partial charge in [-0.05, 0) is 6.42 Å². The van der Waals surface area contributed by atoms with Crippen LogP contribution in [0.1, 0.15) is 19.8 Å². The van der Waals surface area contributed by atoms with Crippen LogP contribution in [0.3, 0.4) is 0 Å². The second-order valence-electron chi connectivity index (χ2n) is 2.01. The lowest BCUT2D eigenvalue weighted by Crippen LogP contribution is -2.65. The Labute approximate surface area is 62.5 Å². The second-order valence-corrected chi connectivity index (χ2v) is 2.01. The molecule has 0 spiro atoms. The standard InChI is InChI=1S/C6H13NO2.CH3/c1-3-4-5(7)6(8)9-2;/h5H,3-4,7H2,1-2H3;1H3/q;-1/p+1. The first kappa shape index (κ1) is 12.1. The lowest BCUT2D eigenvalue weighted by Gasteiger charge is -2.02. The van der Waals surface area contributed by atoms with Gasteiger partial charge in [0, 0.05) is 6.42 Å². The maximum Gasteiger partial charge on any atom is 0.364 e. The Hall–Kier alpha value is -0.570. The lowest BCUT2D eigenvalue weighted by atomic mass is 10.2. The predicted molar refractivity (Wildman–Crippen MR) is 40.0 cm³/mol. The van der Waals surface area contributed by atoms with Crippen molar-refractivity contribution in [2.24, 2.45) is 0 Å². The molecular weight excluding hydrogens is 130 g/mol. The molecule has 0 amide bonds. The quantitative estimate of drug-likeness (QED) is 0.452. The highest BCUT2D eigenvalue weighted by atomic mass is 16.5. The van der Waals surface area contributed by atoms with E-state index in [0.29, 0.717) is 0 Å². The van der Waals surface area contributed by atoms with Crippen molar-refractivity contribution in [2.75, 3.05) is 7.11 Å². The van der Waals surface area contributed by atoms with E-state index in [1.54, 1.807) is 0 Å². The van der Waals surface area contributed by atoms with E-state index in [0.717, 1.165) is 12.8 Å². The Balaban J connectivity index is 0. The van der Waals surface area contributed by atoms with Gasteiger partial charge in [0.1, 0.15) is 0 Å². The van der Waals surface area contributed by atoms with Crippen molar-refractivity contribution in [1.82, 2.24) is 0 Å². The van der Waals surface area contributed by atoms with Crippen LogP contribution in [0.2, 0.25) is 0 Å². The minimum atomic E-state index is -0.211. The monoisotopic (exact) mass is 147 g/mol.